The molecule has 0 unspecified atom stereocenters. The summed E-state index contributed by atoms with van der Waals surface area (Å²) in [6.07, 6.45) is 5.56. The molecule has 5 heteroatoms. The molecule has 0 amide bonds. The maximum absolute atomic E-state index is 12.1. The van der Waals surface area contributed by atoms with Crippen molar-refractivity contribution in [3.63, 3.8) is 0 Å². The number of hydrogen-bond donors (Lipinski definition) is 1. The maximum Gasteiger partial charge on any atom is 0.337 e. The van der Waals surface area contributed by atoms with Gasteiger partial charge in [0.15, 0.2) is 0 Å². The second-order valence-corrected chi connectivity index (χ2v) is 8.60. The van der Waals surface area contributed by atoms with E-state index in [9.17, 15) is 9.90 Å². The number of rotatable bonds is 2. The monoisotopic (exact) mass is 405 g/mol. The average Bonchev–Trinajstić information content (AvgIpc) is 3.13. The van der Waals surface area contributed by atoms with E-state index in [1.54, 1.807) is 6.07 Å². The third-order valence-electron chi connectivity index (χ3n) is 6.76. The third-order valence-corrected chi connectivity index (χ3v) is 6.76. The third kappa shape index (κ3) is 3.18. The number of carbonyl (C=O) groups is 1. The van der Waals surface area contributed by atoms with E-state index in [4.69, 9.17) is 9.47 Å². The summed E-state index contributed by atoms with van der Waals surface area (Å²) in [7, 11) is 1.39. The highest BCUT2D eigenvalue weighted by Gasteiger charge is 2.40. The zero-order valence-corrected chi connectivity index (χ0v) is 17.3. The summed E-state index contributed by atoms with van der Waals surface area (Å²) >= 11 is 0. The number of esters is 1. The van der Waals surface area contributed by atoms with Crippen LogP contribution in [-0.4, -0.2) is 35.0 Å². The number of para-hydroxylation sites is 1. The molecule has 0 spiro atoms. The van der Waals surface area contributed by atoms with Gasteiger partial charge in [-0.1, -0.05) is 37.5 Å². The van der Waals surface area contributed by atoms with Gasteiger partial charge in [0.25, 0.3) is 0 Å². The number of hydrogen-bond acceptors (Lipinski definition) is 4. The molecule has 0 radical (unpaired) electrons. The van der Waals surface area contributed by atoms with E-state index in [-0.39, 0.29) is 18.5 Å². The number of carbonyl (C=O) groups excluding carboxylic acids is 1. The van der Waals surface area contributed by atoms with Gasteiger partial charge in [0.1, 0.15) is 18.0 Å². The predicted molar refractivity (Wildman–Crippen MR) is 116 cm³/mol. The van der Waals surface area contributed by atoms with Gasteiger partial charge in [-0.3, -0.25) is 0 Å². The Balaban J connectivity index is 1.70. The van der Waals surface area contributed by atoms with Crippen molar-refractivity contribution in [1.29, 1.82) is 0 Å². The van der Waals surface area contributed by atoms with Crippen LogP contribution in [0.15, 0.2) is 48.5 Å². The van der Waals surface area contributed by atoms with Crippen LogP contribution >= 0.6 is 0 Å². The molecule has 1 fully saturated rings. The fourth-order valence-corrected chi connectivity index (χ4v) is 5.11. The van der Waals surface area contributed by atoms with Crippen LogP contribution in [0.1, 0.15) is 42.5 Å². The molecule has 156 valence electrons. The molecular formula is C25H27NO4. The topological polar surface area (TPSA) is 60.7 Å². The van der Waals surface area contributed by atoms with Crippen LogP contribution in [0, 0.1) is 5.92 Å². The van der Waals surface area contributed by atoms with Gasteiger partial charge < -0.3 is 19.1 Å². The molecule has 30 heavy (non-hydrogen) atoms. The number of ether oxygens (including phenoxy) is 2. The predicted octanol–water partition coefficient (Wildman–Crippen LogP) is 4.80. The SMILES string of the molecule is COC(=O)c1ccc2cc3n(c2c1)C[C@@](O)(C1CCCCC1)COc1ccccc1-3. The molecule has 1 atom stereocenters. The highest BCUT2D eigenvalue weighted by molar-refractivity contribution is 5.96. The zero-order valence-electron chi connectivity index (χ0n) is 17.3. The summed E-state index contributed by atoms with van der Waals surface area (Å²) < 4.78 is 13.3. The van der Waals surface area contributed by atoms with E-state index < -0.39 is 5.60 Å². The molecule has 3 aromatic rings. The zero-order chi connectivity index (χ0) is 20.7. The lowest BCUT2D eigenvalue weighted by atomic mass is 9.77. The number of aromatic nitrogens is 1. The molecule has 1 aromatic heterocycles. The summed E-state index contributed by atoms with van der Waals surface area (Å²) in [5, 5.41) is 12.9. The standard InChI is InChI=1S/C25H27NO4/c1-29-24(27)18-12-11-17-13-22-20-9-5-6-10-23(20)30-16-25(28,15-26(22)21(17)14-18)19-7-3-2-4-8-19/h5-6,9-14,19,28H,2-4,7-8,15-16H2,1H3/t25-/m0/s1. The Bertz CT molecular complexity index is 1100. The number of nitrogens with zero attached hydrogens (tertiary/aromatic N) is 1. The summed E-state index contributed by atoms with van der Waals surface area (Å²) in [4.78, 5) is 12.1. The Morgan fingerprint density at radius 1 is 1.13 bits per heavy atom. The molecule has 1 saturated carbocycles. The van der Waals surface area contributed by atoms with Gasteiger partial charge in [-0.25, -0.2) is 4.79 Å². The molecule has 1 N–H and O–H groups in total. The first kappa shape index (κ1) is 19.2. The van der Waals surface area contributed by atoms with E-state index in [2.05, 4.69) is 10.6 Å². The Morgan fingerprint density at radius 3 is 2.73 bits per heavy atom. The molecular weight excluding hydrogens is 378 g/mol. The largest absolute Gasteiger partial charge is 0.490 e. The minimum atomic E-state index is -0.962. The quantitative estimate of drug-likeness (QED) is 0.622. The van der Waals surface area contributed by atoms with Crippen molar-refractivity contribution in [2.45, 2.75) is 44.2 Å². The van der Waals surface area contributed by atoms with Crippen LogP contribution < -0.4 is 4.74 Å². The molecule has 2 aromatic carbocycles. The first-order valence-electron chi connectivity index (χ1n) is 10.8. The fourth-order valence-electron chi connectivity index (χ4n) is 5.11. The lowest BCUT2D eigenvalue weighted by Gasteiger charge is -2.40. The first-order chi connectivity index (χ1) is 14.6. The van der Waals surface area contributed by atoms with Gasteiger partial charge in [-0.05, 0) is 49.1 Å². The fraction of sp³-hybridized carbons (Fsp3) is 0.400. The van der Waals surface area contributed by atoms with Crippen molar-refractivity contribution in [2.75, 3.05) is 13.7 Å². The van der Waals surface area contributed by atoms with Crippen molar-refractivity contribution in [2.24, 2.45) is 5.92 Å². The second kappa shape index (κ2) is 7.47. The smallest absolute Gasteiger partial charge is 0.337 e. The second-order valence-electron chi connectivity index (χ2n) is 8.60. The van der Waals surface area contributed by atoms with Crippen LogP contribution in [0.4, 0.5) is 0 Å². The molecule has 5 nitrogen and oxygen atoms in total. The molecule has 0 bridgehead atoms. The molecule has 2 heterocycles. The van der Waals surface area contributed by atoms with Gasteiger partial charge in [0, 0.05) is 16.5 Å². The number of benzene rings is 2. The van der Waals surface area contributed by atoms with Gasteiger partial charge in [-0.2, -0.15) is 0 Å². The Hall–Kier alpha value is -2.79. The van der Waals surface area contributed by atoms with E-state index >= 15 is 0 Å². The van der Waals surface area contributed by atoms with Crippen LogP contribution in [0.2, 0.25) is 0 Å². The van der Waals surface area contributed by atoms with E-state index in [1.165, 1.54) is 13.5 Å². The van der Waals surface area contributed by atoms with Crippen LogP contribution in [0.25, 0.3) is 22.2 Å². The average molecular weight is 405 g/mol. The summed E-state index contributed by atoms with van der Waals surface area (Å²) in [6.45, 7) is 0.708. The normalized spacial score (nSPS) is 21.8. The van der Waals surface area contributed by atoms with Crippen molar-refractivity contribution >= 4 is 16.9 Å². The van der Waals surface area contributed by atoms with Gasteiger partial charge in [0.05, 0.1) is 24.9 Å². The first-order valence-corrected chi connectivity index (χ1v) is 10.8. The molecule has 1 aliphatic carbocycles. The summed E-state index contributed by atoms with van der Waals surface area (Å²) in [5.41, 5.74) is 2.48. The minimum Gasteiger partial charge on any atom is -0.490 e. The molecule has 0 saturated heterocycles. The highest BCUT2D eigenvalue weighted by atomic mass is 16.5. The van der Waals surface area contributed by atoms with Crippen molar-refractivity contribution < 1.29 is 19.4 Å². The van der Waals surface area contributed by atoms with Gasteiger partial charge >= 0.3 is 5.97 Å². The molecule has 5 rings (SSSR count). The van der Waals surface area contributed by atoms with E-state index in [1.807, 2.05) is 36.4 Å². The molecule has 2 aliphatic rings. The Labute approximate surface area is 176 Å². The Kier molecular flexibility index (Phi) is 4.78. The number of aliphatic hydroxyl groups is 1. The summed E-state index contributed by atoms with van der Waals surface area (Å²) in [5.74, 6) is 0.624. The van der Waals surface area contributed by atoms with E-state index in [0.29, 0.717) is 12.1 Å². The van der Waals surface area contributed by atoms with Crippen molar-refractivity contribution in [3.8, 4) is 17.0 Å². The van der Waals surface area contributed by atoms with Crippen molar-refractivity contribution in [1.82, 2.24) is 4.57 Å². The van der Waals surface area contributed by atoms with Crippen LogP contribution in [0.3, 0.4) is 0 Å². The number of fused-ring (bicyclic) bond motifs is 5. The number of methoxy groups -OCH3 is 1. The van der Waals surface area contributed by atoms with E-state index in [0.717, 1.165) is 53.6 Å². The van der Waals surface area contributed by atoms with Gasteiger partial charge in [-0.15, -0.1) is 0 Å². The molecule has 1 aliphatic heterocycles. The minimum absolute atomic E-state index is 0.200. The lowest BCUT2D eigenvalue weighted by molar-refractivity contribution is -0.0773. The van der Waals surface area contributed by atoms with Crippen LogP contribution in [-0.2, 0) is 11.3 Å². The van der Waals surface area contributed by atoms with Crippen molar-refractivity contribution in [3.05, 3.63) is 54.1 Å². The summed E-state index contributed by atoms with van der Waals surface area (Å²) in [6, 6.07) is 15.7. The lowest BCUT2D eigenvalue weighted by Crippen LogP contribution is -2.48. The highest BCUT2D eigenvalue weighted by Crippen LogP contribution is 2.41. The Morgan fingerprint density at radius 2 is 1.93 bits per heavy atom. The van der Waals surface area contributed by atoms with Crippen LogP contribution in [0.5, 0.6) is 5.75 Å². The van der Waals surface area contributed by atoms with Gasteiger partial charge in [0.2, 0.25) is 0 Å². The maximum atomic E-state index is 12.1.